The fourth-order valence-corrected chi connectivity index (χ4v) is 4.94. The van der Waals surface area contributed by atoms with Crippen LogP contribution in [-0.2, 0) is 10.8 Å². The first-order valence-electron chi connectivity index (χ1n) is 8.15. The van der Waals surface area contributed by atoms with E-state index >= 15 is 0 Å². The summed E-state index contributed by atoms with van der Waals surface area (Å²) in [4.78, 5) is 12.2. The fraction of sp³-hybridized carbons (Fsp3) is 0.933. The molecule has 0 heterocycles. The molecule has 0 aromatic carbocycles. The summed E-state index contributed by atoms with van der Waals surface area (Å²) in [7, 11) is -0.775. The molecule has 2 aliphatic rings. The molecule has 0 radical (unpaired) electrons. The van der Waals surface area contributed by atoms with E-state index in [9.17, 15) is 14.1 Å². The zero-order valence-corrected chi connectivity index (χ0v) is 13.7. The molecule has 2 saturated carbocycles. The lowest BCUT2D eigenvalue weighted by molar-refractivity contribution is 0.160. The summed E-state index contributed by atoms with van der Waals surface area (Å²) in [5.41, 5.74) is -0.426. The van der Waals surface area contributed by atoms with Crippen LogP contribution in [0, 0.1) is 0 Å². The van der Waals surface area contributed by atoms with Crippen LogP contribution >= 0.6 is 0 Å². The maximum Gasteiger partial charge on any atom is 0.315 e. The summed E-state index contributed by atoms with van der Waals surface area (Å²) in [6.45, 7) is 1.96. The highest BCUT2D eigenvalue weighted by Gasteiger charge is 2.35. The lowest BCUT2D eigenvalue weighted by Gasteiger charge is -2.32. The van der Waals surface area contributed by atoms with Crippen molar-refractivity contribution in [1.29, 1.82) is 0 Å². The van der Waals surface area contributed by atoms with Gasteiger partial charge in [-0.2, -0.15) is 0 Å². The van der Waals surface area contributed by atoms with Gasteiger partial charge in [0.1, 0.15) is 0 Å². The first-order chi connectivity index (χ1) is 10.1. The van der Waals surface area contributed by atoms with E-state index in [1.54, 1.807) is 0 Å². The largest absolute Gasteiger partial charge is 0.394 e. The summed E-state index contributed by atoms with van der Waals surface area (Å²) in [6, 6.07) is -0.0738. The van der Waals surface area contributed by atoms with E-state index in [2.05, 4.69) is 10.6 Å². The van der Waals surface area contributed by atoms with Gasteiger partial charge < -0.3 is 15.7 Å². The molecule has 3 unspecified atom stereocenters. The fourth-order valence-electron chi connectivity index (χ4n) is 3.59. The van der Waals surface area contributed by atoms with E-state index < -0.39 is 16.3 Å². The van der Waals surface area contributed by atoms with E-state index in [1.807, 2.05) is 6.92 Å². The molecule has 0 aromatic heterocycles. The van der Waals surface area contributed by atoms with Gasteiger partial charge >= 0.3 is 6.03 Å². The van der Waals surface area contributed by atoms with Gasteiger partial charge in [0.05, 0.1) is 12.1 Å². The third kappa shape index (κ3) is 4.42. The molecule has 2 fully saturated rings. The van der Waals surface area contributed by atoms with Gasteiger partial charge in [0, 0.05) is 27.8 Å². The number of rotatable bonds is 5. The SMILES string of the molecule is CCS(=O)C1CCCC(NC(=O)NC2(CO)CCCC2)C1. The van der Waals surface area contributed by atoms with Gasteiger partial charge in [0.2, 0.25) is 0 Å². The van der Waals surface area contributed by atoms with Crippen molar-refractivity contribution < 1.29 is 14.1 Å². The molecule has 3 N–H and O–H groups in total. The summed E-state index contributed by atoms with van der Waals surface area (Å²) < 4.78 is 11.9. The van der Waals surface area contributed by atoms with Crippen molar-refractivity contribution in [2.45, 2.75) is 75.1 Å². The van der Waals surface area contributed by atoms with E-state index in [4.69, 9.17) is 0 Å². The van der Waals surface area contributed by atoms with Crippen molar-refractivity contribution >= 4 is 16.8 Å². The number of carbonyl (C=O) groups is 1. The van der Waals surface area contributed by atoms with E-state index in [-0.39, 0.29) is 23.9 Å². The van der Waals surface area contributed by atoms with E-state index in [0.717, 1.165) is 51.4 Å². The van der Waals surface area contributed by atoms with Gasteiger partial charge in [-0.1, -0.05) is 26.2 Å². The summed E-state index contributed by atoms with van der Waals surface area (Å²) in [6.07, 6.45) is 7.60. The monoisotopic (exact) mass is 316 g/mol. The third-order valence-corrected chi connectivity index (χ3v) is 6.60. The van der Waals surface area contributed by atoms with Gasteiger partial charge in [-0.25, -0.2) is 4.79 Å². The van der Waals surface area contributed by atoms with Gasteiger partial charge in [-0.3, -0.25) is 4.21 Å². The molecule has 2 rings (SSSR count). The van der Waals surface area contributed by atoms with Gasteiger partial charge in [-0.15, -0.1) is 0 Å². The first kappa shape index (κ1) is 16.7. The van der Waals surface area contributed by atoms with Crippen LogP contribution in [0.5, 0.6) is 0 Å². The lowest BCUT2D eigenvalue weighted by Crippen LogP contribution is -2.55. The van der Waals surface area contributed by atoms with Crippen LogP contribution in [0.3, 0.4) is 0 Å². The average molecular weight is 316 g/mol. The minimum absolute atomic E-state index is 0.00750. The van der Waals surface area contributed by atoms with Crippen molar-refractivity contribution in [3.63, 3.8) is 0 Å². The van der Waals surface area contributed by atoms with Crippen LogP contribution in [0.1, 0.15) is 58.3 Å². The Morgan fingerprint density at radius 2 is 2.00 bits per heavy atom. The lowest BCUT2D eigenvalue weighted by atomic mass is 9.95. The number of amides is 2. The number of aliphatic hydroxyl groups is 1. The van der Waals surface area contributed by atoms with Crippen molar-refractivity contribution in [3.8, 4) is 0 Å². The maximum atomic E-state index is 12.2. The molecule has 3 atom stereocenters. The van der Waals surface area contributed by atoms with Crippen molar-refractivity contribution in [1.82, 2.24) is 10.6 Å². The van der Waals surface area contributed by atoms with Gasteiger partial charge in [-0.05, 0) is 32.1 Å². The summed E-state index contributed by atoms with van der Waals surface area (Å²) >= 11 is 0. The number of nitrogens with one attached hydrogen (secondary N) is 2. The molecule has 2 amide bonds. The minimum Gasteiger partial charge on any atom is -0.394 e. The van der Waals surface area contributed by atoms with E-state index in [0.29, 0.717) is 5.75 Å². The van der Waals surface area contributed by atoms with Crippen LogP contribution < -0.4 is 10.6 Å². The number of hydrogen-bond acceptors (Lipinski definition) is 3. The molecule has 5 nitrogen and oxygen atoms in total. The molecule has 0 spiro atoms. The Balaban J connectivity index is 1.83. The van der Waals surface area contributed by atoms with Gasteiger partial charge in [0.15, 0.2) is 0 Å². The molecular weight excluding hydrogens is 288 g/mol. The Morgan fingerprint density at radius 1 is 1.29 bits per heavy atom. The van der Waals surface area contributed by atoms with Crippen molar-refractivity contribution in [3.05, 3.63) is 0 Å². The van der Waals surface area contributed by atoms with Gasteiger partial charge in [0.25, 0.3) is 0 Å². The van der Waals surface area contributed by atoms with E-state index in [1.165, 1.54) is 0 Å². The molecule has 2 aliphatic carbocycles. The quantitative estimate of drug-likeness (QED) is 0.722. The average Bonchev–Trinajstić information content (AvgIpc) is 2.95. The number of urea groups is 1. The summed E-state index contributed by atoms with van der Waals surface area (Å²) in [5, 5.41) is 15.7. The molecule has 0 saturated heterocycles. The molecule has 0 aliphatic heterocycles. The van der Waals surface area contributed by atoms with Crippen molar-refractivity contribution in [2.75, 3.05) is 12.4 Å². The molecule has 0 bridgehead atoms. The zero-order valence-electron chi connectivity index (χ0n) is 12.9. The number of aliphatic hydroxyl groups excluding tert-OH is 1. The highest BCUT2D eigenvalue weighted by Crippen LogP contribution is 2.29. The standard InChI is InChI=1S/C15H28N2O3S/c1-2-21(20)13-7-5-6-12(10-13)16-14(19)17-15(11-18)8-3-4-9-15/h12-13,18H,2-11H2,1H3,(H2,16,17,19). The predicted molar refractivity (Wildman–Crippen MR) is 84.7 cm³/mol. The summed E-state index contributed by atoms with van der Waals surface area (Å²) in [5.74, 6) is 0.692. The topological polar surface area (TPSA) is 78.4 Å². The highest BCUT2D eigenvalue weighted by atomic mass is 32.2. The van der Waals surface area contributed by atoms with Crippen LogP contribution in [0.25, 0.3) is 0 Å². The number of hydrogen-bond donors (Lipinski definition) is 3. The molecular formula is C15H28N2O3S. The molecule has 122 valence electrons. The van der Waals surface area contributed by atoms with Crippen LogP contribution in [0.2, 0.25) is 0 Å². The Kier molecular flexibility index (Phi) is 6.05. The van der Waals surface area contributed by atoms with Crippen LogP contribution in [-0.4, -0.2) is 44.5 Å². The second kappa shape index (κ2) is 7.58. The van der Waals surface area contributed by atoms with Crippen LogP contribution in [0.4, 0.5) is 4.79 Å². The van der Waals surface area contributed by atoms with Crippen LogP contribution in [0.15, 0.2) is 0 Å². The first-order valence-corrected chi connectivity index (χ1v) is 9.53. The smallest absolute Gasteiger partial charge is 0.315 e. The second-order valence-electron chi connectivity index (χ2n) is 6.40. The zero-order chi connectivity index (χ0) is 15.3. The number of carbonyl (C=O) groups excluding carboxylic acids is 1. The molecule has 6 heteroatoms. The highest BCUT2D eigenvalue weighted by molar-refractivity contribution is 7.85. The molecule has 0 aromatic rings. The Bertz CT molecular complexity index is 383. The third-order valence-electron chi connectivity index (χ3n) is 4.86. The Hall–Kier alpha value is -0.620. The normalized spacial score (nSPS) is 29.8. The minimum atomic E-state index is -0.775. The molecule has 21 heavy (non-hydrogen) atoms. The van der Waals surface area contributed by atoms with Crippen molar-refractivity contribution in [2.24, 2.45) is 0 Å². The maximum absolute atomic E-state index is 12.2. The predicted octanol–water partition coefficient (Wildman–Crippen LogP) is 1.67. The Labute approximate surface area is 129 Å². The second-order valence-corrected chi connectivity index (χ2v) is 8.40. The Morgan fingerprint density at radius 3 is 2.62 bits per heavy atom.